The van der Waals surface area contributed by atoms with E-state index in [2.05, 4.69) is 15.8 Å². The van der Waals surface area contributed by atoms with Crippen LogP contribution in [-0.4, -0.2) is 17.4 Å². The van der Waals surface area contributed by atoms with Crippen LogP contribution in [0, 0.1) is 11.2 Å². The Morgan fingerprint density at radius 3 is 2.23 bits per heavy atom. The Morgan fingerprint density at radius 2 is 1.69 bits per heavy atom. The minimum atomic E-state index is -0.667. The number of amidine groups is 1. The van der Waals surface area contributed by atoms with Gasteiger partial charge in [0.2, 0.25) is 5.78 Å². The zero-order chi connectivity index (χ0) is 19.3. The summed E-state index contributed by atoms with van der Waals surface area (Å²) in [6.07, 6.45) is 0. The second kappa shape index (κ2) is 7.91. The van der Waals surface area contributed by atoms with E-state index < -0.39 is 11.2 Å². The number of hydrazine groups is 1. The Bertz CT molecular complexity index is 837. The molecule has 0 aliphatic heterocycles. The van der Waals surface area contributed by atoms with E-state index >= 15 is 0 Å². The first-order valence-corrected chi connectivity index (χ1v) is 8.19. The maximum absolute atomic E-state index is 13.4. The summed E-state index contributed by atoms with van der Waals surface area (Å²) < 4.78 is 13.4. The molecule has 2 aromatic rings. The van der Waals surface area contributed by atoms with Crippen LogP contribution in [0.3, 0.4) is 0 Å². The largest absolute Gasteiger partial charge is 0.300 e. The Morgan fingerprint density at radius 1 is 1.04 bits per heavy atom. The number of nitrogens with one attached hydrogen (secondary N) is 2. The van der Waals surface area contributed by atoms with Gasteiger partial charge in [-0.2, -0.15) is 0 Å². The summed E-state index contributed by atoms with van der Waals surface area (Å²) in [5.41, 5.74) is 6.61. The normalized spacial score (nSPS) is 11.8. The van der Waals surface area contributed by atoms with Crippen LogP contribution in [0.1, 0.15) is 38.1 Å². The molecule has 0 aliphatic rings. The number of rotatable bonds is 5. The summed E-state index contributed by atoms with van der Waals surface area (Å²) in [6, 6.07) is 12.5. The number of anilines is 1. The Labute approximate surface area is 152 Å². The molecule has 0 saturated heterocycles. The van der Waals surface area contributed by atoms with Gasteiger partial charge in [-0.3, -0.25) is 20.4 Å². The SMILES string of the molecule is CC(=O)c1ccc(NNC(=Nc2cccc(F)c2)C(=O)C(C)(C)C)cc1. The third-order valence-corrected chi connectivity index (χ3v) is 3.56. The minimum absolute atomic E-state index is 0.0271. The smallest absolute Gasteiger partial charge is 0.204 e. The highest BCUT2D eigenvalue weighted by atomic mass is 19.1. The monoisotopic (exact) mass is 355 g/mol. The molecule has 26 heavy (non-hydrogen) atoms. The first-order valence-electron chi connectivity index (χ1n) is 8.19. The van der Waals surface area contributed by atoms with Crippen molar-refractivity contribution in [1.29, 1.82) is 0 Å². The van der Waals surface area contributed by atoms with Gasteiger partial charge in [-0.25, -0.2) is 9.38 Å². The molecule has 0 fully saturated rings. The number of halogens is 1. The topological polar surface area (TPSA) is 70.6 Å². The first-order chi connectivity index (χ1) is 12.2. The van der Waals surface area contributed by atoms with Gasteiger partial charge < -0.3 is 0 Å². The van der Waals surface area contributed by atoms with Gasteiger partial charge in [0.15, 0.2) is 11.6 Å². The molecule has 0 saturated carbocycles. The van der Waals surface area contributed by atoms with E-state index in [4.69, 9.17) is 0 Å². The van der Waals surface area contributed by atoms with E-state index in [9.17, 15) is 14.0 Å². The maximum Gasteiger partial charge on any atom is 0.204 e. The van der Waals surface area contributed by atoms with Crippen LogP contribution in [0.15, 0.2) is 53.5 Å². The van der Waals surface area contributed by atoms with Gasteiger partial charge in [0.1, 0.15) is 5.82 Å². The van der Waals surface area contributed by atoms with Crippen molar-refractivity contribution >= 4 is 28.8 Å². The third-order valence-electron chi connectivity index (χ3n) is 3.56. The van der Waals surface area contributed by atoms with Crippen LogP contribution in [0.2, 0.25) is 0 Å². The fourth-order valence-corrected chi connectivity index (χ4v) is 2.09. The number of hydrogen-bond acceptors (Lipinski definition) is 4. The van der Waals surface area contributed by atoms with Gasteiger partial charge in [-0.05, 0) is 49.4 Å². The first kappa shape index (κ1) is 19.3. The molecule has 2 rings (SSSR count). The van der Waals surface area contributed by atoms with Crippen LogP contribution in [0.4, 0.5) is 15.8 Å². The zero-order valence-electron chi connectivity index (χ0n) is 15.3. The van der Waals surface area contributed by atoms with Crippen LogP contribution < -0.4 is 10.9 Å². The Hall–Kier alpha value is -3.02. The molecule has 0 aliphatic carbocycles. The highest BCUT2D eigenvalue weighted by molar-refractivity contribution is 6.41. The summed E-state index contributed by atoms with van der Waals surface area (Å²) in [6.45, 7) is 6.83. The number of nitrogens with zero attached hydrogens (tertiary/aromatic N) is 1. The van der Waals surface area contributed by atoms with Gasteiger partial charge in [-0.1, -0.05) is 26.8 Å². The van der Waals surface area contributed by atoms with Crippen molar-refractivity contribution in [1.82, 2.24) is 5.43 Å². The fraction of sp³-hybridized carbons (Fsp3) is 0.250. The molecule has 0 unspecified atom stereocenters. The third kappa shape index (κ3) is 5.24. The zero-order valence-corrected chi connectivity index (χ0v) is 15.3. The standard InChI is InChI=1S/C20H22FN3O2/c1-13(25)14-8-10-16(11-9-14)23-24-19(18(26)20(2,3)4)22-17-7-5-6-15(21)12-17/h5-12,23H,1-4H3,(H,22,24). The summed E-state index contributed by atoms with van der Waals surface area (Å²) >= 11 is 0. The van der Waals surface area contributed by atoms with E-state index in [1.165, 1.54) is 25.1 Å². The highest BCUT2D eigenvalue weighted by Crippen LogP contribution is 2.19. The van der Waals surface area contributed by atoms with Gasteiger partial charge in [0, 0.05) is 11.0 Å². The second-order valence-electron chi connectivity index (χ2n) is 6.90. The van der Waals surface area contributed by atoms with Crippen LogP contribution >= 0.6 is 0 Å². The molecule has 0 bridgehead atoms. The number of Topliss-reactive ketones (excluding diaryl/α,β-unsaturated/α-hetero) is 2. The molecular formula is C20H22FN3O2. The van der Waals surface area contributed by atoms with Gasteiger partial charge in [0.05, 0.1) is 11.4 Å². The number of carbonyl (C=O) groups excluding carboxylic acids is 2. The summed E-state index contributed by atoms with van der Waals surface area (Å²) in [5, 5.41) is 0. The average molecular weight is 355 g/mol. The lowest BCUT2D eigenvalue weighted by atomic mass is 9.90. The quantitative estimate of drug-likeness (QED) is 0.363. The number of ketones is 2. The van der Waals surface area contributed by atoms with Crippen molar-refractivity contribution in [2.75, 3.05) is 5.43 Å². The lowest BCUT2D eigenvalue weighted by Gasteiger charge is -2.20. The van der Waals surface area contributed by atoms with Gasteiger partial charge >= 0.3 is 0 Å². The molecule has 0 radical (unpaired) electrons. The molecule has 0 heterocycles. The molecule has 2 N–H and O–H groups in total. The molecule has 5 nitrogen and oxygen atoms in total. The van der Waals surface area contributed by atoms with Crippen molar-refractivity contribution in [2.24, 2.45) is 10.4 Å². The number of aliphatic imine (C=N–C) groups is 1. The Balaban J connectivity index is 2.24. The van der Waals surface area contributed by atoms with E-state index in [-0.39, 0.29) is 17.4 Å². The number of benzene rings is 2. The predicted octanol–water partition coefficient (Wildman–Crippen LogP) is 4.29. The van der Waals surface area contributed by atoms with E-state index in [0.29, 0.717) is 16.9 Å². The Kier molecular flexibility index (Phi) is 5.87. The highest BCUT2D eigenvalue weighted by Gasteiger charge is 2.26. The second-order valence-corrected chi connectivity index (χ2v) is 6.90. The molecule has 0 amide bonds. The molecule has 0 spiro atoms. The van der Waals surface area contributed by atoms with Gasteiger partial charge in [0.25, 0.3) is 0 Å². The lowest BCUT2D eigenvalue weighted by Crippen LogP contribution is -2.41. The van der Waals surface area contributed by atoms with Crippen molar-refractivity contribution < 1.29 is 14.0 Å². The summed E-state index contributed by atoms with van der Waals surface area (Å²) in [4.78, 5) is 28.2. The molecule has 136 valence electrons. The van der Waals surface area contributed by atoms with E-state index in [1.54, 1.807) is 51.1 Å². The summed E-state index contributed by atoms with van der Waals surface area (Å²) in [7, 11) is 0. The van der Waals surface area contributed by atoms with Gasteiger partial charge in [-0.15, -0.1) is 0 Å². The van der Waals surface area contributed by atoms with Crippen molar-refractivity contribution in [3.05, 3.63) is 59.9 Å². The molecule has 0 aromatic heterocycles. The fourth-order valence-electron chi connectivity index (χ4n) is 2.09. The van der Waals surface area contributed by atoms with Crippen LogP contribution in [0.25, 0.3) is 0 Å². The predicted molar refractivity (Wildman–Crippen MR) is 101 cm³/mol. The van der Waals surface area contributed by atoms with Crippen LogP contribution in [0.5, 0.6) is 0 Å². The van der Waals surface area contributed by atoms with Crippen LogP contribution in [-0.2, 0) is 4.79 Å². The lowest BCUT2D eigenvalue weighted by molar-refractivity contribution is -0.119. The molecule has 2 aromatic carbocycles. The van der Waals surface area contributed by atoms with Crippen molar-refractivity contribution in [2.45, 2.75) is 27.7 Å². The average Bonchev–Trinajstić information content (AvgIpc) is 2.57. The van der Waals surface area contributed by atoms with E-state index in [1.807, 2.05) is 0 Å². The van der Waals surface area contributed by atoms with Crippen molar-refractivity contribution in [3.8, 4) is 0 Å². The molecule has 0 atom stereocenters. The molecule has 6 heteroatoms. The molecular weight excluding hydrogens is 333 g/mol. The number of carbonyl (C=O) groups is 2. The minimum Gasteiger partial charge on any atom is -0.300 e. The maximum atomic E-state index is 13.4. The summed E-state index contributed by atoms with van der Waals surface area (Å²) in [5.74, 6) is -0.615. The van der Waals surface area contributed by atoms with Crippen molar-refractivity contribution in [3.63, 3.8) is 0 Å². The van der Waals surface area contributed by atoms with E-state index in [0.717, 1.165) is 0 Å². The number of hydrogen-bond donors (Lipinski definition) is 2.